The van der Waals surface area contributed by atoms with Crippen LogP contribution in [0.4, 0.5) is 18.9 Å². The first-order valence-corrected chi connectivity index (χ1v) is 7.34. The molecule has 0 amide bonds. The summed E-state index contributed by atoms with van der Waals surface area (Å²) in [5, 5.41) is 10.6. The van der Waals surface area contributed by atoms with Crippen LogP contribution < -0.4 is 0 Å². The number of hydrogen-bond donors (Lipinski definition) is 0. The van der Waals surface area contributed by atoms with E-state index in [1.165, 1.54) is 18.2 Å². The van der Waals surface area contributed by atoms with E-state index in [1.807, 2.05) is 11.9 Å². The van der Waals surface area contributed by atoms with Crippen LogP contribution in [0.25, 0.3) is 0 Å². The fourth-order valence-electron chi connectivity index (χ4n) is 2.34. The summed E-state index contributed by atoms with van der Waals surface area (Å²) < 4.78 is 38.1. The molecule has 128 valence electrons. The van der Waals surface area contributed by atoms with E-state index in [9.17, 15) is 23.3 Å². The number of non-ortho nitro benzene ring substituents is 1. The van der Waals surface area contributed by atoms with Gasteiger partial charge in [0.25, 0.3) is 5.69 Å². The molecule has 4 nitrogen and oxygen atoms in total. The molecule has 0 aliphatic rings. The minimum Gasteiger partial charge on any atom is -0.302 e. The van der Waals surface area contributed by atoms with Gasteiger partial charge in [-0.2, -0.15) is 13.2 Å². The van der Waals surface area contributed by atoms with Gasteiger partial charge in [0, 0.05) is 25.2 Å². The largest absolute Gasteiger partial charge is 0.416 e. The summed E-state index contributed by atoms with van der Waals surface area (Å²) in [6.07, 6.45) is -3.68. The number of alkyl halides is 3. The lowest BCUT2D eigenvalue weighted by Gasteiger charge is -2.17. The predicted molar refractivity (Wildman–Crippen MR) is 84.6 cm³/mol. The Kier molecular flexibility index (Phi) is 5.56. The highest BCUT2D eigenvalue weighted by molar-refractivity contribution is 5.33. The molecule has 0 bridgehead atoms. The normalized spacial score (nSPS) is 11.7. The molecule has 2 aromatic carbocycles. The van der Waals surface area contributed by atoms with Crippen LogP contribution >= 0.6 is 0 Å². The van der Waals surface area contributed by atoms with E-state index in [0.29, 0.717) is 25.1 Å². The number of halogens is 3. The van der Waals surface area contributed by atoms with Crippen LogP contribution in [0.1, 0.15) is 16.7 Å². The highest BCUT2D eigenvalue weighted by Crippen LogP contribution is 2.29. The maximum atomic E-state index is 12.7. The second-order valence-electron chi connectivity index (χ2n) is 5.61. The Balaban J connectivity index is 1.91. The third kappa shape index (κ3) is 5.06. The number of likely N-dealkylation sites (N-methyl/N-ethyl adjacent to an activating group) is 1. The van der Waals surface area contributed by atoms with Crippen LogP contribution in [0.3, 0.4) is 0 Å². The van der Waals surface area contributed by atoms with E-state index in [-0.39, 0.29) is 5.69 Å². The van der Waals surface area contributed by atoms with Crippen molar-refractivity contribution in [3.63, 3.8) is 0 Å². The summed E-state index contributed by atoms with van der Waals surface area (Å²) in [4.78, 5) is 12.1. The highest BCUT2D eigenvalue weighted by atomic mass is 19.4. The molecule has 0 saturated carbocycles. The molecule has 0 unspecified atom stereocenters. The maximum absolute atomic E-state index is 12.7. The SMILES string of the molecule is CN(CCc1ccc([N+](=O)[O-])cc1)Cc1cccc(C(F)(F)F)c1. The molecule has 2 rings (SSSR count). The lowest BCUT2D eigenvalue weighted by molar-refractivity contribution is -0.384. The Bertz CT molecular complexity index is 700. The molecule has 0 fully saturated rings. The van der Waals surface area contributed by atoms with Gasteiger partial charge in [0.1, 0.15) is 0 Å². The van der Waals surface area contributed by atoms with Crippen LogP contribution in [0, 0.1) is 10.1 Å². The van der Waals surface area contributed by atoms with Crippen LogP contribution in [-0.2, 0) is 19.1 Å². The molecular formula is C17H17F3N2O2. The van der Waals surface area contributed by atoms with Crippen molar-refractivity contribution in [1.82, 2.24) is 4.90 Å². The van der Waals surface area contributed by atoms with Crippen LogP contribution in [0.15, 0.2) is 48.5 Å². The minimum absolute atomic E-state index is 0.0380. The lowest BCUT2D eigenvalue weighted by Crippen LogP contribution is -2.21. The number of rotatable bonds is 6. The average Bonchev–Trinajstić information content (AvgIpc) is 2.53. The van der Waals surface area contributed by atoms with Gasteiger partial charge in [0.05, 0.1) is 10.5 Å². The molecule has 0 heterocycles. The molecule has 24 heavy (non-hydrogen) atoms. The Morgan fingerprint density at radius 1 is 1.08 bits per heavy atom. The first kappa shape index (κ1) is 17.9. The van der Waals surface area contributed by atoms with Gasteiger partial charge < -0.3 is 4.90 Å². The first-order chi connectivity index (χ1) is 11.3. The molecule has 0 radical (unpaired) electrons. The Hall–Kier alpha value is -2.41. The number of nitro groups is 1. The number of benzene rings is 2. The number of nitrogens with zero attached hydrogens (tertiary/aromatic N) is 2. The Morgan fingerprint density at radius 2 is 1.75 bits per heavy atom. The zero-order valence-electron chi connectivity index (χ0n) is 13.1. The van der Waals surface area contributed by atoms with E-state index in [4.69, 9.17) is 0 Å². The predicted octanol–water partition coefficient (Wildman–Crippen LogP) is 4.29. The van der Waals surface area contributed by atoms with Gasteiger partial charge in [-0.25, -0.2) is 0 Å². The van der Waals surface area contributed by atoms with E-state index in [0.717, 1.165) is 17.7 Å². The van der Waals surface area contributed by atoms with E-state index in [1.54, 1.807) is 18.2 Å². The van der Waals surface area contributed by atoms with Crippen molar-refractivity contribution in [2.24, 2.45) is 0 Å². The lowest BCUT2D eigenvalue weighted by atomic mass is 10.1. The monoisotopic (exact) mass is 338 g/mol. The van der Waals surface area contributed by atoms with Gasteiger partial charge in [0.15, 0.2) is 0 Å². The van der Waals surface area contributed by atoms with Crippen molar-refractivity contribution >= 4 is 5.69 Å². The summed E-state index contributed by atoms with van der Waals surface area (Å²) in [5.74, 6) is 0. The second-order valence-corrected chi connectivity index (χ2v) is 5.61. The summed E-state index contributed by atoms with van der Waals surface area (Å²) in [6, 6.07) is 11.6. The summed E-state index contributed by atoms with van der Waals surface area (Å²) >= 11 is 0. The Labute approximate surface area is 137 Å². The van der Waals surface area contributed by atoms with Crippen molar-refractivity contribution in [1.29, 1.82) is 0 Å². The number of hydrogen-bond acceptors (Lipinski definition) is 3. The van der Waals surface area contributed by atoms with E-state index in [2.05, 4.69) is 0 Å². The Morgan fingerprint density at radius 3 is 2.33 bits per heavy atom. The van der Waals surface area contributed by atoms with Gasteiger partial charge in [-0.05, 0) is 30.7 Å². The van der Waals surface area contributed by atoms with Gasteiger partial charge >= 0.3 is 6.18 Å². The molecular weight excluding hydrogens is 321 g/mol. The molecule has 0 aliphatic heterocycles. The van der Waals surface area contributed by atoms with Crippen LogP contribution in [-0.4, -0.2) is 23.4 Å². The molecule has 0 saturated heterocycles. The average molecular weight is 338 g/mol. The van der Waals surface area contributed by atoms with Gasteiger partial charge in [-0.3, -0.25) is 10.1 Å². The highest BCUT2D eigenvalue weighted by Gasteiger charge is 2.30. The van der Waals surface area contributed by atoms with Crippen LogP contribution in [0.2, 0.25) is 0 Å². The van der Waals surface area contributed by atoms with Gasteiger partial charge in [-0.1, -0.05) is 30.3 Å². The molecule has 2 aromatic rings. The molecule has 0 aromatic heterocycles. The topological polar surface area (TPSA) is 46.4 Å². The van der Waals surface area contributed by atoms with Crippen molar-refractivity contribution in [3.8, 4) is 0 Å². The van der Waals surface area contributed by atoms with Gasteiger partial charge in [0.2, 0.25) is 0 Å². The zero-order valence-corrected chi connectivity index (χ0v) is 13.1. The maximum Gasteiger partial charge on any atom is 0.416 e. The summed E-state index contributed by atoms with van der Waals surface area (Å²) in [6.45, 7) is 1.03. The fraction of sp³-hybridized carbons (Fsp3) is 0.294. The minimum atomic E-state index is -4.34. The van der Waals surface area contributed by atoms with Crippen LogP contribution in [0.5, 0.6) is 0 Å². The number of nitro benzene ring substituents is 1. The third-order valence-electron chi connectivity index (χ3n) is 3.64. The standard InChI is InChI=1S/C17H17F3N2O2/c1-21(10-9-13-5-7-16(8-6-13)22(23)24)12-14-3-2-4-15(11-14)17(18,19)20/h2-8,11H,9-10,12H2,1H3. The van der Waals surface area contributed by atoms with Crippen molar-refractivity contribution < 1.29 is 18.1 Å². The molecule has 0 aliphatic carbocycles. The van der Waals surface area contributed by atoms with Crippen molar-refractivity contribution in [2.75, 3.05) is 13.6 Å². The fourth-order valence-corrected chi connectivity index (χ4v) is 2.34. The quantitative estimate of drug-likeness (QED) is 0.583. The summed E-state index contributed by atoms with van der Waals surface area (Å²) in [7, 11) is 1.83. The zero-order chi connectivity index (χ0) is 17.7. The van der Waals surface area contributed by atoms with Crippen molar-refractivity contribution in [2.45, 2.75) is 19.1 Å². The third-order valence-corrected chi connectivity index (χ3v) is 3.64. The smallest absolute Gasteiger partial charge is 0.302 e. The van der Waals surface area contributed by atoms with Gasteiger partial charge in [-0.15, -0.1) is 0 Å². The molecule has 0 spiro atoms. The second kappa shape index (κ2) is 7.44. The summed E-state index contributed by atoms with van der Waals surface area (Å²) in [5.41, 5.74) is 0.923. The molecule has 0 atom stereocenters. The molecule has 0 N–H and O–H groups in total. The van der Waals surface area contributed by atoms with E-state index >= 15 is 0 Å². The first-order valence-electron chi connectivity index (χ1n) is 7.34. The van der Waals surface area contributed by atoms with E-state index < -0.39 is 16.7 Å². The molecule has 7 heteroatoms. The van der Waals surface area contributed by atoms with Crippen molar-refractivity contribution in [3.05, 3.63) is 75.3 Å².